The van der Waals surface area contributed by atoms with Crippen LogP contribution in [0.4, 0.5) is 24.5 Å². The van der Waals surface area contributed by atoms with E-state index in [0.717, 1.165) is 11.3 Å². The largest absolute Gasteiger partial charge is 0.421 e. The van der Waals surface area contributed by atoms with E-state index in [9.17, 15) is 35.1 Å². The molecule has 14 heteroatoms. The lowest BCUT2D eigenvalue weighted by molar-refractivity contribution is -0.258. The highest BCUT2D eigenvalue weighted by atomic mass is 32.2. The summed E-state index contributed by atoms with van der Waals surface area (Å²) < 4.78 is 97.2. The molecule has 2 heterocycles. The maximum Gasteiger partial charge on any atom is 0.421 e. The van der Waals surface area contributed by atoms with Crippen LogP contribution in [0, 0.1) is 5.92 Å². The first-order valence-corrected chi connectivity index (χ1v) is 17.2. The van der Waals surface area contributed by atoms with Crippen LogP contribution in [0.1, 0.15) is 26.3 Å². The third-order valence-corrected chi connectivity index (χ3v) is 12.5. The van der Waals surface area contributed by atoms with Crippen LogP contribution in [-0.2, 0) is 25.6 Å². The highest BCUT2D eigenvalue weighted by Gasteiger charge is 2.51. The number of alkyl halides is 3. The van der Waals surface area contributed by atoms with Crippen molar-refractivity contribution in [3.8, 4) is 0 Å². The summed E-state index contributed by atoms with van der Waals surface area (Å²) in [6.07, 6.45) is -4.89. The lowest BCUT2D eigenvalue weighted by Gasteiger charge is -2.44. The molecule has 0 aliphatic carbocycles. The summed E-state index contributed by atoms with van der Waals surface area (Å²) in [5.41, 5.74) is -2.51. The summed E-state index contributed by atoms with van der Waals surface area (Å²) >= 11 is 1.08. The zero-order valence-electron chi connectivity index (χ0n) is 23.4. The van der Waals surface area contributed by atoms with Gasteiger partial charge < -0.3 is 10.0 Å². The average Bonchev–Trinajstić information content (AvgIpc) is 3.47. The summed E-state index contributed by atoms with van der Waals surface area (Å²) in [7, 11) is -7.69. The van der Waals surface area contributed by atoms with Crippen molar-refractivity contribution in [2.75, 3.05) is 41.1 Å². The third-order valence-electron chi connectivity index (χ3n) is 7.15. The normalized spacial score (nSPS) is 18.7. The molecule has 1 aliphatic heterocycles. The molecule has 4 rings (SSSR count). The van der Waals surface area contributed by atoms with E-state index in [2.05, 4.69) is 0 Å². The van der Waals surface area contributed by atoms with Crippen LogP contribution in [0.25, 0.3) is 0 Å². The van der Waals surface area contributed by atoms with Crippen LogP contribution in [0.2, 0.25) is 0 Å². The van der Waals surface area contributed by atoms with Gasteiger partial charge in [0.25, 0.3) is 10.0 Å². The number of benzene rings is 2. The molecule has 0 saturated carbocycles. The predicted octanol–water partition coefficient (Wildman–Crippen LogP) is 4.89. The van der Waals surface area contributed by atoms with Gasteiger partial charge in [0.1, 0.15) is 4.21 Å². The van der Waals surface area contributed by atoms with E-state index in [-0.39, 0.29) is 47.6 Å². The van der Waals surface area contributed by atoms with E-state index >= 15 is 0 Å². The Morgan fingerprint density at radius 2 is 1.62 bits per heavy atom. The van der Waals surface area contributed by atoms with E-state index in [0.29, 0.717) is 18.3 Å². The first-order chi connectivity index (χ1) is 19.5. The summed E-state index contributed by atoms with van der Waals surface area (Å²) in [4.78, 5) is 1.81. The van der Waals surface area contributed by atoms with Crippen LogP contribution >= 0.6 is 11.3 Å². The second-order valence-electron chi connectivity index (χ2n) is 10.8. The van der Waals surface area contributed by atoms with Gasteiger partial charge in [0.2, 0.25) is 10.0 Å². The Labute approximate surface area is 249 Å². The summed E-state index contributed by atoms with van der Waals surface area (Å²) in [5.74, 6) is -0.305. The Bertz CT molecular complexity index is 1550. The standard InChI is InChI=1S/C28H34F3N3O5S3/c1-21(2)20-41(36,37)34(24-8-5-4-6-9-24)19-25-18-32(42(38,39)26-10-7-17-40-26)15-16-33(25)23-13-11-22(12-14-23)27(3,35)28(29,30)31/h4-14,17,21,25,35H,15-16,18-20H2,1-3H3/t25-,27-/m1/s1. The maximum atomic E-state index is 13.6. The molecule has 230 valence electrons. The minimum atomic E-state index is -4.89. The highest BCUT2D eigenvalue weighted by molar-refractivity contribution is 7.92. The van der Waals surface area contributed by atoms with Crippen molar-refractivity contribution < 1.29 is 35.1 Å². The first kappa shape index (κ1) is 32.3. The number of aliphatic hydroxyl groups is 1. The summed E-state index contributed by atoms with van der Waals surface area (Å²) in [6, 6.07) is 16.2. The van der Waals surface area contributed by atoms with Crippen molar-refractivity contribution >= 4 is 42.8 Å². The molecule has 1 fully saturated rings. The third kappa shape index (κ3) is 6.77. The molecular formula is C28H34F3N3O5S3. The molecular weight excluding hydrogens is 612 g/mol. The zero-order chi connectivity index (χ0) is 30.9. The molecule has 2 aromatic carbocycles. The van der Waals surface area contributed by atoms with Gasteiger partial charge in [-0.05, 0) is 54.1 Å². The fourth-order valence-electron chi connectivity index (χ4n) is 4.90. The molecule has 1 N–H and O–H groups in total. The van der Waals surface area contributed by atoms with E-state index in [1.54, 1.807) is 55.6 Å². The zero-order valence-corrected chi connectivity index (χ0v) is 25.8. The minimum absolute atomic E-state index is 0.0528. The minimum Gasteiger partial charge on any atom is -0.376 e. The first-order valence-electron chi connectivity index (χ1n) is 13.3. The Kier molecular flexibility index (Phi) is 9.34. The van der Waals surface area contributed by atoms with Crippen LogP contribution in [-0.4, -0.2) is 70.4 Å². The maximum absolute atomic E-state index is 13.6. The number of rotatable bonds is 10. The van der Waals surface area contributed by atoms with Crippen molar-refractivity contribution in [2.45, 2.75) is 42.8 Å². The fourth-order valence-corrected chi connectivity index (χ4v) is 9.37. The molecule has 1 saturated heterocycles. The van der Waals surface area contributed by atoms with Crippen LogP contribution in [0.3, 0.4) is 0 Å². The number of thiophene rings is 1. The number of hydrogen-bond acceptors (Lipinski definition) is 7. The Balaban J connectivity index is 1.74. The molecule has 3 aromatic rings. The molecule has 0 radical (unpaired) electrons. The molecule has 0 unspecified atom stereocenters. The predicted molar refractivity (Wildman–Crippen MR) is 159 cm³/mol. The Morgan fingerprint density at radius 1 is 0.976 bits per heavy atom. The van der Waals surface area contributed by atoms with Crippen LogP contribution in [0.15, 0.2) is 76.3 Å². The average molecular weight is 646 g/mol. The van der Waals surface area contributed by atoms with Crippen LogP contribution < -0.4 is 9.21 Å². The van der Waals surface area contributed by atoms with Gasteiger partial charge in [0.05, 0.1) is 24.0 Å². The Hall–Kier alpha value is -2.65. The molecule has 1 aliphatic rings. The van der Waals surface area contributed by atoms with Crippen LogP contribution in [0.5, 0.6) is 0 Å². The smallest absolute Gasteiger partial charge is 0.376 e. The monoisotopic (exact) mass is 645 g/mol. The van der Waals surface area contributed by atoms with Gasteiger partial charge in [-0.1, -0.05) is 50.2 Å². The molecule has 8 nitrogen and oxygen atoms in total. The molecule has 42 heavy (non-hydrogen) atoms. The second kappa shape index (κ2) is 12.2. The summed E-state index contributed by atoms with van der Waals surface area (Å²) in [6.45, 7) is 4.36. The highest BCUT2D eigenvalue weighted by Crippen LogP contribution is 2.39. The molecule has 0 spiro atoms. The van der Waals surface area contributed by atoms with Gasteiger partial charge in [-0.2, -0.15) is 17.5 Å². The number of halogens is 3. The summed E-state index contributed by atoms with van der Waals surface area (Å²) in [5, 5.41) is 11.8. The lowest BCUT2D eigenvalue weighted by Crippen LogP contribution is -2.59. The van der Waals surface area contributed by atoms with Gasteiger partial charge in [-0.25, -0.2) is 16.8 Å². The molecule has 2 atom stereocenters. The fraction of sp³-hybridized carbons (Fsp3) is 0.429. The van der Waals surface area contributed by atoms with Crippen molar-refractivity contribution in [3.05, 3.63) is 77.7 Å². The number of para-hydroxylation sites is 1. The van der Waals surface area contributed by atoms with Gasteiger partial charge in [-0.15, -0.1) is 11.3 Å². The van der Waals surface area contributed by atoms with Crippen molar-refractivity contribution in [2.24, 2.45) is 5.92 Å². The topological polar surface area (TPSA) is 98.2 Å². The second-order valence-corrected chi connectivity index (χ2v) is 15.8. The van der Waals surface area contributed by atoms with Crippen molar-refractivity contribution in [1.82, 2.24) is 4.31 Å². The number of hydrogen-bond donors (Lipinski definition) is 1. The van der Waals surface area contributed by atoms with Gasteiger partial charge in [-0.3, -0.25) is 4.31 Å². The van der Waals surface area contributed by atoms with Gasteiger partial charge in [0.15, 0.2) is 5.60 Å². The number of sulfonamides is 2. The molecule has 0 bridgehead atoms. The van der Waals surface area contributed by atoms with Crippen molar-refractivity contribution in [1.29, 1.82) is 0 Å². The number of anilines is 2. The van der Waals surface area contributed by atoms with E-state index in [1.807, 2.05) is 4.90 Å². The van der Waals surface area contributed by atoms with E-state index < -0.39 is 37.9 Å². The van der Waals surface area contributed by atoms with E-state index in [1.165, 1.54) is 38.9 Å². The SMILES string of the molecule is CC(C)CS(=O)(=O)N(C[C@H]1CN(S(=O)(=O)c2cccs2)CCN1c1ccc([C@@](C)(O)C(F)(F)F)cc1)c1ccccc1. The van der Waals surface area contributed by atoms with E-state index in [4.69, 9.17) is 0 Å². The van der Waals surface area contributed by atoms with Gasteiger partial charge >= 0.3 is 6.18 Å². The Morgan fingerprint density at radius 3 is 2.17 bits per heavy atom. The number of piperazine rings is 1. The molecule has 1 aromatic heterocycles. The quantitative estimate of drug-likeness (QED) is 0.337. The van der Waals surface area contributed by atoms with Crippen molar-refractivity contribution in [3.63, 3.8) is 0 Å². The molecule has 0 amide bonds. The number of nitrogens with zero attached hydrogens (tertiary/aromatic N) is 3. The van der Waals surface area contributed by atoms with Gasteiger partial charge in [0, 0.05) is 25.3 Å². The lowest BCUT2D eigenvalue weighted by atomic mass is 9.95.